The molecule has 5 nitrogen and oxygen atoms in total. The lowest BCUT2D eigenvalue weighted by atomic mass is 9.90. The second kappa shape index (κ2) is 8.94. The second-order valence-electron chi connectivity index (χ2n) is 7.75. The molecule has 0 aromatic carbocycles. The minimum absolute atomic E-state index is 0.0480. The molecule has 144 valence electrons. The molecule has 1 saturated heterocycles. The van der Waals surface area contributed by atoms with Gasteiger partial charge in [-0.2, -0.15) is 0 Å². The van der Waals surface area contributed by atoms with Gasteiger partial charge in [-0.1, -0.05) is 25.7 Å². The fraction of sp³-hybridized carbons (Fsp3) is 0.762. The van der Waals surface area contributed by atoms with Gasteiger partial charge >= 0.3 is 0 Å². The van der Waals surface area contributed by atoms with Crippen molar-refractivity contribution in [3.63, 3.8) is 0 Å². The minimum Gasteiger partial charge on any atom is -0.339 e. The van der Waals surface area contributed by atoms with Crippen molar-refractivity contribution in [1.29, 1.82) is 0 Å². The van der Waals surface area contributed by atoms with E-state index >= 15 is 0 Å². The summed E-state index contributed by atoms with van der Waals surface area (Å²) in [6.45, 7) is 8.57. The van der Waals surface area contributed by atoms with Gasteiger partial charge in [0.1, 0.15) is 5.82 Å². The lowest BCUT2D eigenvalue weighted by molar-refractivity contribution is 0.0672. The molecule has 1 amide bonds. The summed E-state index contributed by atoms with van der Waals surface area (Å²) in [7, 11) is 0. The molecular weight excluding hydrogens is 324 g/mol. The van der Waals surface area contributed by atoms with Crippen LogP contribution < -0.4 is 0 Å². The Morgan fingerprint density at radius 3 is 2.46 bits per heavy atom. The van der Waals surface area contributed by atoms with Crippen molar-refractivity contribution in [3.05, 3.63) is 23.3 Å². The van der Waals surface area contributed by atoms with Crippen LogP contribution in [0, 0.1) is 6.92 Å². The van der Waals surface area contributed by atoms with Crippen molar-refractivity contribution in [3.8, 4) is 0 Å². The summed E-state index contributed by atoms with van der Waals surface area (Å²) in [4.78, 5) is 26.7. The van der Waals surface area contributed by atoms with Crippen molar-refractivity contribution >= 4 is 5.91 Å². The van der Waals surface area contributed by atoms with Crippen molar-refractivity contribution in [2.24, 2.45) is 0 Å². The molecule has 0 bridgehead atoms. The van der Waals surface area contributed by atoms with Crippen LogP contribution in [-0.4, -0.2) is 51.4 Å². The van der Waals surface area contributed by atoms with E-state index in [1.807, 2.05) is 25.7 Å². The zero-order chi connectivity index (χ0) is 18.5. The van der Waals surface area contributed by atoms with Crippen molar-refractivity contribution in [2.75, 3.05) is 19.6 Å². The highest BCUT2D eigenvalue weighted by atomic mass is 16.2. The van der Waals surface area contributed by atoms with Gasteiger partial charge in [-0.25, -0.2) is 9.97 Å². The predicted octanol–water partition coefficient (Wildman–Crippen LogP) is 4.13. The second-order valence-corrected chi connectivity index (χ2v) is 7.75. The van der Waals surface area contributed by atoms with Gasteiger partial charge in [0.05, 0.1) is 17.3 Å². The summed E-state index contributed by atoms with van der Waals surface area (Å²) in [5, 5.41) is 0. The molecule has 0 unspecified atom stereocenters. The molecular formula is C21H34N4O. The molecule has 1 atom stereocenters. The molecule has 1 aliphatic heterocycles. The molecule has 2 aliphatic rings. The van der Waals surface area contributed by atoms with Crippen LogP contribution in [0.4, 0.5) is 0 Å². The largest absolute Gasteiger partial charge is 0.339 e. The van der Waals surface area contributed by atoms with Crippen LogP contribution in [0.25, 0.3) is 0 Å². The number of hydrogen-bond donors (Lipinski definition) is 0. The van der Waals surface area contributed by atoms with Gasteiger partial charge in [0.2, 0.25) is 0 Å². The lowest BCUT2D eigenvalue weighted by Crippen LogP contribution is -2.43. The third-order valence-corrected chi connectivity index (χ3v) is 6.16. The Kier molecular flexibility index (Phi) is 6.63. The molecule has 1 aliphatic carbocycles. The molecule has 5 heteroatoms. The number of aryl methyl sites for hydroxylation is 1. The Hall–Kier alpha value is -1.49. The summed E-state index contributed by atoms with van der Waals surface area (Å²) in [6.07, 6.45) is 12.1. The van der Waals surface area contributed by atoms with Gasteiger partial charge in [-0.15, -0.1) is 0 Å². The number of piperidine rings is 1. The van der Waals surface area contributed by atoms with Crippen molar-refractivity contribution in [2.45, 2.75) is 84.2 Å². The monoisotopic (exact) mass is 358 g/mol. The maximum absolute atomic E-state index is 12.7. The SMILES string of the molecule is CCN(CC)C(=O)c1cnc([C@H]2CCCCN2C2CCCCC2)nc1C. The van der Waals surface area contributed by atoms with Gasteiger partial charge in [0.25, 0.3) is 5.91 Å². The summed E-state index contributed by atoms with van der Waals surface area (Å²) in [6, 6.07) is 1.01. The van der Waals surface area contributed by atoms with Crippen LogP contribution in [-0.2, 0) is 0 Å². The van der Waals surface area contributed by atoms with Crippen molar-refractivity contribution < 1.29 is 4.79 Å². The maximum atomic E-state index is 12.7. The third-order valence-electron chi connectivity index (χ3n) is 6.16. The molecule has 26 heavy (non-hydrogen) atoms. The van der Waals surface area contributed by atoms with E-state index < -0.39 is 0 Å². The van der Waals surface area contributed by atoms with Crippen LogP contribution in [0.15, 0.2) is 6.20 Å². The van der Waals surface area contributed by atoms with E-state index in [-0.39, 0.29) is 5.91 Å². The van der Waals surface area contributed by atoms with Gasteiger partial charge in [-0.3, -0.25) is 9.69 Å². The number of carbonyl (C=O) groups excluding carboxylic acids is 1. The van der Waals surface area contributed by atoms with Gasteiger partial charge in [-0.05, 0) is 53.0 Å². The molecule has 1 aromatic rings. The number of carbonyl (C=O) groups is 1. The molecule has 1 aromatic heterocycles. The Balaban J connectivity index is 1.81. The molecule has 3 rings (SSSR count). The smallest absolute Gasteiger partial charge is 0.257 e. The first-order chi connectivity index (χ1) is 12.7. The lowest BCUT2D eigenvalue weighted by Gasteiger charge is -2.42. The van der Waals surface area contributed by atoms with E-state index in [9.17, 15) is 4.79 Å². The number of amides is 1. The summed E-state index contributed by atoms with van der Waals surface area (Å²) < 4.78 is 0. The fourth-order valence-corrected chi connectivity index (χ4v) is 4.62. The van der Waals surface area contributed by atoms with E-state index in [0.717, 1.165) is 24.5 Å². The van der Waals surface area contributed by atoms with Gasteiger partial charge in [0.15, 0.2) is 0 Å². The Labute approximate surface area is 158 Å². The standard InChI is InChI=1S/C21H34N4O/c1-4-24(5-2)21(26)18-15-22-20(23-16(18)3)19-13-9-10-14-25(19)17-11-7-6-8-12-17/h15,17,19H,4-14H2,1-3H3/t19-/m1/s1. The first-order valence-corrected chi connectivity index (χ1v) is 10.5. The number of hydrogen-bond acceptors (Lipinski definition) is 4. The molecule has 1 saturated carbocycles. The molecule has 2 fully saturated rings. The summed E-state index contributed by atoms with van der Waals surface area (Å²) >= 11 is 0. The Bertz CT molecular complexity index is 608. The summed E-state index contributed by atoms with van der Waals surface area (Å²) in [5.41, 5.74) is 1.47. The average Bonchev–Trinajstić information content (AvgIpc) is 2.69. The van der Waals surface area contributed by atoms with Gasteiger partial charge < -0.3 is 4.90 Å². The predicted molar refractivity (Wildman–Crippen MR) is 104 cm³/mol. The topological polar surface area (TPSA) is 49.3 Å². The molecule has 0 radical (unpaired) electrons. The van der Waals surface area contributed by atoms with E-state index in [4.69, 9.17) is 4.98 Å². The highest BCUT2D eigenvalue weighted by Crippen LogP contribution is 2.35. The Morgan fingerprint density at radius 2 is 1.81 bits per heavy atom. The quantitative estimate of drug-likeness (QED) is 0.794. The van der Waals surface area contributed by atoms with E-state index in [1.165, 1.54) is 44.9 Å². The molecule has 0 N–H and O–H groups in total. The minimum atomic E-state index is 0.0480. The maximum Gasteiger partial charge on any atom is 0.257 e. The molecule has 2 heterocycles. The highest BCUT2D eigenvalue weighted by molar-refractivity contribution is 5.94. The van der Waals surface area contributed by atoms with Crippen LogP contribution in [0.1, 0.15) is 93.1 Å². The van der Waals surface area contributed by atoms with Crippen LogP contribution in [0.3, 0.4) is 0 Å². The Morgan fingerprint density at radius 1 is 1.12 bits per heavy atom. The normalized spacial score (nSPS) is 22.3. The van der Waals surface area contributed by atoms with Crippen LogP contribution >= 0.6 is 0 Å². The average molecular weight is 359 g/mol. The molecule has 0 spiro atoms. The van der Waals surface area contributed by atoms with Crippen LogP contribution in [0.2, 0.25) is 0 Å². The van der Waals surface area contributed by atoms with Crippen molar-refractivity contribution in [1.82, 2.24) is 19.8 Å². The first kappa shape index (κ1) is 19.3. The zero-order valence-corrected chi connectivity index (χ0v) is 16.7. The fourth-order valence-electron chi connectivity index (χ4n) is 4.62. The van der Waals surface area contributed by atoms with Crippen LogP contribution in [0.5, 0.6) is 0 Å². The third kappa shape index (κ3) is 4.08. The number of aromatic nitrogens is 2. The number of likely N-dealkylation sites (tertiary alicyclic amines) is 1. The first-order valence-electron chi connectivity index (χ1n) is 10.5. The zero-order valence-electron chi connectivity index (χ0n) is 16.7. The van der Waals surface area contributed by atoms with E-state index in [0.29, 0.717) is 30.7 Å². The van der Waals surface area contributed by atoms with E-state index in [1.54, 1.807) is 6.20 Å². The summed E-state index contributed by atoms with van der Waals surface area (Å²) in [5.74, 6) is 0.968. The van der Waals surface area contributed by atoms with Gasteiger partial charge in [0, 0.05) is 25.3 Å². The van der Waals surface area contributed by atoms with E-state index in [2.05, 4.69) is 9.88 Å². The number of rotatable bonds is 5. The highest BCUT2D eigenvalue weighted by Gasteiger charge is 2.32. The number of nitrogens with zero attached hydrogens (tertiary/aromatic N) is 4.